The fraction of sp³-hybridized carbons (Fsp3) is 0.0769. The number of rotatable bonds is 8. The number of phenols is 1. The smallest absolute Gasteiger partial charge is 0.149 e. The van der Waals surface area contributed by atoms with E-state index in [0.29, 0.717) is 17.0 Å². The van der Waals surface area contributed by atoms with Gasteiger partial charge in [0.25, 0.3) is 0 Å². The fourth-order valence-electron chi connectivity index (χ4n) is 7.55. The molecule has 0 atom stereocenters. The van der Waals surface area contributed by atoms with Crippen molar-refractivity contribution in [2.24, 2.45) is 0 Å². The summed E-state index contributed by atoms with van der Waals surface area (Å²) < 4.78 is 34.7. The molecule has 0 radical (unpaired) electrons. The van der Waals surface area contributed by atoms with Gasteiger partial charge in [-0.1, -0.05) is 135 Å². The molecule has 270 valence electrons. The van der Waals surface area contributed by atoms with Gasteiger partial charge < -0.3 is 5.11 Å². The van der Waals surface area contributed by atoms with E-state index in [1.807, 2.05) is 92.7 Å². The van der Waals surface area contributed by atoms with E-state index in [1.165, 1.54) is 0 Å². The van der Waals surface area contributed by atoms with Gasteiger partial charge in [0.15, 0.2) is 0 Å². The van der Waals surface area contributed by atoms with Crippen molar-refractivity contribution in [3.63, 3.8) is 0 Å². The van der Waals surface area contributed by atoms with Crippen molar-refractivity contribution >= 4 is 11.0 Å². The Morgan fingerprint density at radius 2 is 1.23 bits per heavy atom. The molecule has 4 nitrogen and oxygen atoms in total. The summed E-state index contributed by atoms with van der Waals surface area (Å²) in [4.78, 5) is 10.2. The molecule has 56 heavy (non-hydrogen) atoms. The van der Waals surface area contributed by atoms with Gasteiger partial charge in [-0.25, -0.2) is 4.98 Å². The number of phenolic OH excluding ortho intramolecular Hbond substituents is 1. The van der Waals surface area contributed by atoms with Gasteiger partial charge in [0, 0.05) is 28.5 Å². The highest BCUT2D eigenvalue weighted by Gasteiger charge is 2.22. The molecule has 0 aliphatic heterocycles. The first kappa shape index (κ1) is 30.3. The molecule has 9 rings (SSSR count). The Morgan fingerprint density at radius 1 is 0.554 bits per heavy atom. The molecule has 4 heteroatoms. The summed E-state index contributed by atoms with van der Waals surface area (Å²) in [6, 6.07) is 57.5. The quantitative estimate of drug-likeness (QED) is 0.170. The lowest BCUT2D eigenvalue weighted by Crippen LogP contribution is -2.01. The van der Waals surface area contributed by atoms with Crippen LogP contribution in [0.15, 0.2) is 182 Å². The van der Waals surface area contributed by atoms with Crippen molar-refractivity contribution in [2.75, 3.05) is 0 Å². The maximum absolute atomic E-state index is 11.3. The molecule has 9 aromatic rings. The van der Waals surface area contributed by atoms with Gasteiger partial charge in [-0.3, -0.25) is 9.55 Å². The number of para-hydroxylation sites is 2. The van der Waals surface area contributed by atoms with Gasteiger partial charge in [-0.05, 0) is 118 Å². The first-order valence-corrected chi connectivity index (χ1v) is 18.7. The first-order valence-electron chi connectivity index (χ1n) is 20.7. The number of aromatic hydroxyl groups is 1. The number of fused-ring (bicyclic) bond motifs is 1. The summed E-state index contributed by atoms with van der Waals surface area (Å²) in [5.74, 6) is -0.224. The largest absolute Gasteiger partial charge is 0.507 e. The molecular formula is C52H41N3O. The van der Waals surface area contributed by atoms with Gasteiger partial charge in [0.2, 0.25) is 0 Å². The highest BCUT2D eigenvalue weighted by Crippen LogP contribution is 2.41. The maximum atomic E-state index is 11.3. The second kappa shape index (κ2) is 14.7. The van der Waals surface area contributed by atoms with Crippen LogP contribution in [0.1, 0.15) is 36.4 Å². The van der Waals surface area contributed by atoms with E-state index >= 15 is 0 Å². The summed E-state index contributed by atoms with van der Waals surface area (Å²) in [5, 5.41) is 11.3. The molecule has 0 saturated heterocycles. The Morgan fingerprint density at radius 3 is 1.98 bits per heavy atom. The predicted octanol–water partition coefficient (Wildman–Crippen LogP) is 13.6. The third-order valence-corrected chi connectivity index (χ3v) is 10.3. The van der Waals surface area contributed by atoms with E-state index in [-0.39, 0.29) is 5.75 Å². The zero-order valence-corrected chi connectivity index (χ0v) is 31.1. The van der Waals surface area contributed by atoms with Crippen LogP contribution in [0, 0.1) is 6.85 Å². The minimum Gasteiger partial charge on any atom is -0.507 e. The van der Waals surface area contributed by atoms with Crippen molar-refractivity contribution in [2.45, 2.75) is 26.6 Å². The van der Waals surface area contributed by atoms with Crippen LogP contribution in [0.2, 0.25) is 0 Å². The molecule has 1 N–H and O–H groups in total. The Balaban J connectivity index is 1.25. The third-order valence-electron chi connectivity index (χ3n) is 10.3. The average Bonchev–Trinajstić information content (AvgIpc) is 3.66. The van der Waals surface area contributed by atoms with Crippen molar-refractivity contribution < 1.29 is 10.6 Å². The molecule has 0 spiro atoms. The molecular weight excluding hydrogens is 683 g/mol. The van der Waals surface area contributed by atoms with Crippen LogP contribution in [0.5, 0.6) is 5.75 Å². The highest BCUT2D eigenvalue weighted by molar-refractivity contribution is 5.97. The van der Waals surface area contributed by atoms with Crippen LogP contribution in [0.4, 0.5) is 0 Å². The molecule has 0 fully saturated rings. The molecule has 0 aliphatic carbocycles. The summed E-state index contributed by atoms with van der Waals surface area (Å²) in [6.45, 7) is 1.64. The van der Waals surface area contributed by atoms with E-state index in [0.717, 1.165) is 78.0 Å². The Labute approximate surface area is 333 Å². The number of pyridine rings is 1. The Kier molecular flexibility index (Phi) is 7.93. The summed E-state index contributed by atoms with van der Waals surface area (Å²) >= 11 is 0. The topological polar surface area (TPSA) is 50.9 Å². The molecule has 2 aromatic heterocycles. The number of benzene rings is 7. The third kappa shape index (κ3) is 6.56. The summed E-state index contributed by atoms with van der Waals surface area (Å²) in [6.07, 6.45) is 1.79. The standard InChI is InChI=1S/C52H41N3O/c1-34(2)47-33-43(25-26-44(47)38-15-8-5-9-16-38)55-49-19-12-18-45(51(49)54-52(55)46-17-10-11-20-50(46)56)41-29-40(36-13-6-4-7-14-36)30-42(31-41)48-32-39(27-28-53-48)37-23-21-35(3)22-24-37/h4-34,56H,1-3H3/i3D3,34D. The van der Waals surface area contributed by atoms with Crippen LogP contribution >= 0.6 is 0 Å². The Hall–Kier alpha value is -7.04. The van der Waals surface area contributed by atoms with E-state index in [4.69, 9.17) is 14.1 Å². The number of nitrogens with zero attached hydrogens (tertiary/aromatic N) is 3. The minimum atomic E-state index is -2.17. The number of hydrogen-bond donors (Lipinski definition) is 1. The van der Waals surface area contributed by atoms with Gasteiger partial charge in [0.05, 0.1) is 22.3 Å². The normalized spacial score (nSPS) is 12.8. The van der Waals surface area contributed by atoms with E-state index in [2.05, 4.69) is 77.4 Å². The minimum absolute atomic E-state index is 0.116. The van der Waals surface area contributed by atoms with Gasteiger partial charge in [0.1, 0.15) is 11.6 Å². The molecule has 2 heterocycles. The van der Waals surface area contributed by atoms with Gasteiger partial charge >= 0.3 is 0 Å². The monoisotopic (exact) mass is 727 g/mol. The maximum Gasteiger partial charge on any atom is 0.149 e. The van der Waals surface area contributed by atoms with Gasteiger partial charge in [-0.15, -0.1) is 0 Å². The Bertz CT molecular complexity index is 3000. The van der Waals surface area contributed by atoms with E-state index in [9.17, 15) is 6.48 Å². The number of aryl methyl sites for hydroxylation is 1. The van der Waals surface area contributed by atoms with Crippen LogP contribution in [-0.2, 0) is 0 Å². The molecule has 0 bridgehead atoms. The predicted molar refractivity (Wildman–Crippen MR) is 232 cm³/mol. The van der Waals surface area contributed by atoms with Crippen molar-refractivity contribution in [3.8, 4) is 78.6 Å². The highest BCUT2D eigenvalue weighted by atomic mass is 16.3. The molecule has 7 aromatic carbocycles. The lowest BCUT2D eigenvalue weighted by molar-refractivity contribution is 0.477. The number of hydrogen-bond acceptors (Lipinski definition) is 3. The lowest BCUT2D eigenvalue weighted by Gasteiger charge is -2.17. The van der Waals surface area contributed by atoms with Crippen LogP contribution in [0.3, 0.4) is 0 Å². The lowest BCUT2D eigenvalue weighted by atomic mass is 9.92. The fourth-order valence-corrected chi connectivity index (χ4v) is 7.55. The van der Waals surface area contributed by atoms with E-state index in [1.54, 1.807) is 30.5 Å². The van der Waals surface area contributed by atoms with Crippen molar-refractivity contribution in [1.29, 1.82) is 0 Å². The zero-order chi connectivity index (χ0) is 41.6. The van der Waals surface area contributed by atoms with E-state index < -0.39 is 12.7 Å². The number of aromatic nitrogens is 3. The first-order chi connectivity index (χ1) is 28.9. The second-order valence-corrected chi connectivity index (χ2v) is 14.2. The summed E-state index contributed by atoms with van der Waals surface area (Å²) in [5.41, 5.74) is 13.6. The molecule has 0 saturated carbocycles. The number of imidazole rings is 1. The zero-order valence-electron chi connectivity index (χ0n) is 35.1. The van der Waals surface area contributed by atoms with Crippen LogP contribution in [-0.4, -0.2) is 19.6 Å². The van der Waals surface area contributed by atoms with Crippen LogP contribution < -0.4 is 0 Å². The van der Waals surface area contributed by atoms with Gasteiger partial charge in [-0.2, -0.15) is 0 Å². The SMILES string of the molecule is [2H]C([2H])([2H])c1ccc(-c2ccnc(-c3cc(-c4ccccc4)cc(-c4cccc5c4nc(-c4ccccc4O)n5-c4ccc(-c5ccccc5)c(C([2H])(C)C)c4)c3)c2)cc1. The summed E-state index contributed by atoms with van der Waals surface area (Å²) in [7, 11) is 0. The molecule has 0 aliphatic rings. The molecule has 0 amide bonds. The van der Waals surface area contributed by atoms with Crippen molar-refractivity contribution in [1.82, 2.24) is 14.5 Å². The van der Waals surface area contributed by atoms with Crippen molar-refractivity contribution in [3.05, 3.63) is 193 Å². The van der Waals surface area contributed by atoms with Crippen LogP contribution in [0.25, 0.3) is 83.9 Å². The second-order valence-electron chi connectivity index (χ2n) is 14.2. The average molecular weight is 728 g/mol. The molecule has 0 unspecified atom stereocenters.